The van der Waals surface area contributed by atoms with E-state index >= 15 is 0 Å². The highest BCUT2D eigenvalue weighted by atomic mass is 32.1. The Kier molecular flexibility index (Phi) is 5.62. The average molecular weight is 407 g/mol. The first kappa shape index (κ1) is 19.2. The summed E-state index contributed by atoms with van der Waals surface area (Å²) in [5.41, 5.74) is 2.65. The zero-order chi connectivity index (χ0) is 20.2. The molecular weight excluding hydrogens is 384 g/mol. The number of carbonyl (C=O) groups excluding carboxylic acids is 2. The van der Waals surface area contributed by atoms with Crippen LogP contribution in [-0.2, 0) is 29.1 Å². The van der Waals surface area contributed by atoms with Gasteiger partial charge >= 0.3 is 0 Å². The first-order valence-corrected chi connectivity index (χ1v) is 10.4. The molecule has 29 heavy (non-hydrogen) atoms. The Balaban J connectivity index is 1.52. The van der Waals surface area contributed by atoms with Crippen LogP contribution in [0.4, 0.5) is 5.69 Å². The molecule has 0 aliphatic carbocycles. The van der Waals surface area contributed by atoms with Gasteiger partial charge in [-0.2, -0.15) is 0 Å². The number of nitrogens with zero attached hydrogens (tertiary/aromatic N) is 1. The lowest BCUT2D eigenvalue weighted by Crippen LogP contribution is -2.37. The van der Waals surface area contributed by atoms with Gasteiger partial charge < -0.3 is 15.0 Å². The third kappa shape index (κ3) is 4.66. The molecule has 0 radical (unpaired) electrons. The zero-order valence-electron chi connectivity index (χ0n) is 16.1. The molecule has 0 unspecified atom stereocenters. The Labute approximate surface area is 173 Å². The van der Waals surface area contributed by atoms with E-state index in [-0.39, 0.29) is 11.8 Å². The summed E-state index contributed by atoms with van der Waals surface area (Å²) in [6.07, 6.45) is -0.208. The van der Waals surface area contributed by atoms with E-state index in [0.29, 0.717) is 30.9 Å². The zero-order valence-corrected chi connectivity index (χ0v) is 16.9. The van der Waals surface area contributed by atoms with Gasteiger partial charge in [0.15, 0.2) is 6.10 Å². The Morgan fingerprint density at radius 1 is 1.17 bits per heavy atom. The third-order valence-electron chi connectivity index (χ3n) is 4.80. The van der Waals surface area contributed by atoms with Gasteiger partial charge in [-0.25, -0.2) is 0 Å². The SMILES string of the molecule is C[C@@H]1Oc2ccc(NC(=O)Cc3cccs3)cc2CN(Cc2ccccc2)C1=O. The minimum Gasteiger partial charge on any atom is -0.481 e. The second-order valence-electron chi connectivity index (χ2n) is 7.07. The maximum absolute atomic E-state index is 12.8. The molecule has 148 valence electrons. The van der Waals surface area contributed by atoms with Crippen LogP contribution in [0.1, 0.15) is 22.9 Å². The van der Waals surface area contributed by atoms with Crippen molar-refractivity contribution in [1.29, 1.82) is 0 Å². The molecule has 0 saturated heterocycles. The number of fused-ring (bicyclic) bond motifs is 1. The molecule has 2 aromatic carbocycles. The highest BCUT2D eigenvalue weighted by molar-refractivity contribution is 7.10. The van der Waals surface area contributed by atoms with E-state index < -0.39 is 6.10 Å². The molecule has 2 amide bonds. The van der Waals surface area contributed by atoms with Crippen LogP contribution in [0.25, 0.3) is 0 Å². The van der Waals surface area contributed by atoms with Crippen molar-refractivity contribution in [3.63, 3.8) is 0 Å². The highest BCUT2D eigenvalue weighted by Gasteiger charge is 2.28. The Morgan fingerprint density at radius 3 is 2.76 bits per heavy atom. The van der Waals surface area contributed by atoms with Crippen molar-refractivity contribution < 1.29 is 14.3 Å². The van der Waals surface area contributed by atoms with Gasteiger partial charge in [0, 0.05) is 29.2 Å². The molecule has 0 bridgehead atoms. The number of nitrogens with one attached hydrogen (secondary N) is 1. The Hall–Kier alpha value is -3.12. The smallest absolute Gasteiger partial charge is 0.263 e. The van der Waals surface area contributed by atoms with Gasteiger partial charge in [0.2, 0.25) is 5.91 Å². The van der Waals surface area contributed by atoms with Crippen LogP contribution in [-0.4, -0.2) is 22.8 Å². The number of benzene rings is 2. The van der Waals surface area contributed by atoms with Crippen molar-refractivity contribution in [2.75, 3.05) is 5.32 Å². The first-order chi connectivity index (χ1) is 14.1. The molecule has 1 aromatic heterocycles. The minimum absolute atomic E-state index is 0.0478. The monoisotopic (exact) mass is 406 g/mol. The summed E-state index contributed by atoms with van der Waals surface area (Å²) in [5, 5.41) is 4.91. The van der Waals surface area contributed by atoms with Gasteiger partial charge in [0.05, 0.1) is 6.42 Å². The summed E-state index contributed by atoms with van der Waals surface area (Å²) in [6.45, 7) is 2.72. The van der Waals surface area contributed by atoms with Gasteiger partial charge in [-0.05, 0) is 42.1 Å². The van der Waals surface area contributed by atoms with E-state index in [1.54, 1.807) is 23.2 Å². The number of hydrogen-bond acceptors (Lipinski definition) is 4. The van der Waals surface area contributed by atoms with Crippen LogP contribution in [0.3, 0.4) is 0 Å². The number of amides is 2. The van der Waals surface area contributed by atoms with Gasteiger partial charge in [0.1, 0.15) is 5.75 Å². The number of anilines is 1. The van der Waals surface area contributed by atoms with E-state index in [1.165, 1.54) is 0 Å². The molecule has 0 fully saturated rings. The minimum atomic E-state index is -0.556. The summed E-state index contributed by atoms with van der Waals surface area (Å²) >= 11 is 1.56. The van der Waals surface area contributed by atoms with Crippen LogP contribution in [0.15, 0.2) is 66.0 Å². The van der Waals surface area contributed by atoms with Crippen LogP contribution < -0.4 is 10.1 Å². The molecule has 1 atom stereocenters. The second kappa shape index (κ2) is 8.49. The Bertz CT molecular complexity index is 1000. The van der Waals surface area contributed by atoms with Crippen LogP contribution in [0, 0.1) is 0 Å². The van der Waals surface area contributed by atoms with Crippen molar-refractivity contribution in [2.24, 2.45) is 0 Å². The van der Waals surface area contributed by atoms with Crippen molar-refractivity contribution in [3.05, 3.63) is 82.0 Å². The van der Waals surface area contributed by atoms with Crippen molar-refractivity contribution in [1.82, 2.24) is 4.90 Å². The van der Waals surface area contributed by atoms with E-state index in [2.05, 4.69) is 5.32 Å². The fraction of sp³-hybridized carbons (Fsp3) is 0.217. The van der Waals surface area contributed by atoms with Gasteiger partial charge in [-0.1, -0.05) is 36.4 Å². The normalized spacial score (nSPS) is 16.0. The molecule has 2 heterocycles. The standard InChI is InChI=1S/C23H22N2O3S/c1-16-23(27)25(14-17-6-3-2-4-7-17)15-18-12-19(9-10-21(18)28-16)24-22(26)13-20-8-5-11-29-20/h2-12,16H,13-15H2,1H3,(H,24,26)/t16-/m0/s1. The van der Waals surface area contributed by atoms with Crippen molar-refractivity contribution in [2.45, 2.75) is 32.5 Å². The van der Waals surface area contributed by atoms with E-state index in [9.17, 15) is 9.59 Å². The molecule has 1 aliphatic rings. The predicted octanol–water partition coefficient (Wildman–Crippen LogP) is 4.24. The molecule has 0 saturated carbocycles. The molecule has 3 aromatic rings. The van der Waals surface area contributed by atoms with E-state index in [1.807, 2.05) is 66.0 Å². The maximum Gasteiger partial charge on any atom is 0.263 e. The Morgan fingerprint density at radius 2 is 2.00 bits per heavy atom. The number of rotatable bonds is 5. The van der Waals surface area contributed by atoms with Crippen LogP contribution in [0.5, 0.6) is 5.75 Å². The quantitative estimate of drug-likeness (QED) is 0.690. The average Bonchev–Trinajstić information content (AvgIpc) is 3.18. The predicted molar refractivity (Wildman–Crippen MR) is 114 cm³/mol. The largest absolute Gasteiger partial charge is 0.481 e. The third-order valence-corrected chi connectivity index (χ3v) is 5.68. The lowest BCUT2D eigenvalue weighted by atomic mass is 10.1. The summed E-state index contributed by atoms with van der Waals surface area (Å²) in [7, 11) is 0. The van der Waals surface area contributed by atoms with Crippen LogP contribution >= 0.6 is 11.3 Å². The molecule has 6 heteroatoms. The molecule has 5 nitrogen and oxygen atoms in total. The lowest BCUT2D eigenvalue weighted by Gasteiger charge is -2.22. The lowest BCUT2D eigenvalue weighted by molar-refractivity contribution is -0.138. The fourth-order valence-corrected chi connectivity index (χ4v) is 4.09. The van der Waals surface area contributed by atoms with Gasteiger partial charge in [-0.3, -0.25) is 9.59 Å². The van der Waals surface area contributed by atoms with E-state index in [0.717, 1.165) is 16.0 Å². The fourth-order valence-electron chi connectivity index (χ4n) is 3.39. The van der Waals surface area contributed by atoms with Crippen LogP contribution in [0.2, 0.25) is 0 Å². The summed E-state index contributed by atoms with van der Waals surface area (Å²) in [4.78, 5) is 27.9. The molecule has 1 N–H and O–H groups in total. The van der Waals surface area contributed by atoms with Gasteiger partial charge in [-0.15, -0.1) is 11.3 Å². The molecule has 1 aliphatic heterocycles. The highest BCUT2D eigenvalue weighted by Crippen LogP contribution is 2.29. The topological polar surface area (TPSA) is 58.6 Å². The number of thiophene rings is 1. The van der Waals surface area contributed by atoms with Gasteiger partial charge in [0.25, 0.3) is 5.91 Å². The molecular formula is C23H22N2O3S. The van der Waals surface area contributed by atoms with Crippen molar-refractivity contribution >= 4 is 28.8 Å². The molecule has 4 rings (SSSR count). The molecule has 0 spiro atoms. The summed E-state index contributed by atoms with van der Waals surface area (Å²) in [6, 6.07) is 19.3. The number of ether oxygens (including phenoxy) is 1. The first-order valence-electron chi connectivity index (χ1n) is 9.53. The number of carbonyl (C=O) groups is 2. The van der Waals surface area contributed by atoms with Crippen molar-refractivity contribution in [3.8, 4) is 5.75 Å². The maximum atomic E-state index is 12.8. The second-order valence-corrected chi connectivity index (χ2v) is 8.10. The summed E-state index contributed by atoms with van der Waals surface area (Å²) < 4.78 is 5.88. The number of hydrogen-bond donors (Lipinski definition) is 1. The van der Waals surface area contributed by atoms with E-state index in [4.69, 9.17) is 4.74 Å². The summed E-state index contributed by atoms with van der Waals surface area (Å²) in [5.74, 6) is 0.568.